The van der Waals surface area contributed by atoms with Crippen LogP contribution < -0.4 is 0 Å². The van der Waals surface area contributed by atoms with Gasteiger partial charge >= 0.3 is 0 Å². The van der Waals surface area contributed by atoms with E-state index < -0.39 is 5.41 Å². The maximum atomic E-state index is 6.57. The summed E-state index contributed by atoms with van der Waals surface area (Å²) < 4.78 is 6.57. The van der Waals surface area contributed by atoms with E-state index in [0.717, 1.165) is 27.3 Å². The smallest absolute Gasteiger partial charge is 0.143 e. The maximum absolute atomic E-state index is 6.57. The van der Waals surface area contributed by atoms with Crippen molar-refractivity contribution in [2.24, 2.45) is 0 Å². The summed E-state index contributed by atoms with van der Waals surface area (Å²) in [6.45, 7) is 0. The van der Waals surface area contributed by atoms with E-state index in [1.54, 1.807) is 0 Å². The number of hydrogen-bond donors (Lipinski definition) is 0. The number of rotatable bonds is 2. The van der Waals surface area contributed by atoms with Crippen molar-refractivity contribution >= 4 is 75.8 Å². The third kappa shape index (κ3) is 4.33. The standard InChI is InChI=1S/C63H36O/c1-2-15-39-36-57-53(34-38(39)14-1)51-30-26-40-33-41(27-29-43(40)61(51)63(57)55-23-11-9-17-45(55)46-18-10-12-24-56(46)63)59-47-19-5-7-21-49(47)60(50-22-8-6-20-48(50)59)42-28-32-58-54(35-42)52-31-25-37-13-3-4-16-44(37)62(52)64-58/h1-36H. The van der Waals surface area contributed by atoms with Crippen LogP contribution in [0.25, 0.3) is 120 Å². The molecule has 294 valence electrons. The number of hydrogen-bond acceptors (Lipinski definition) is 1. The van der Waals surface area contributed by atoms with Crippen molar-refractivity contribution in [1.29, 1.82) is 0 Å². The van der Waals surface area contributed by atoms with E-state index >= 15 is 0 Å². The van der Waals surface area contributed by atoms with Crippen molar-refractivity contribution in [3.63, 3.8) is 0 Å². The minimum atomic E-state index is -0.446. The predicted molar refractivity (Wildman–Crippen MR) is 268 cm³/mol. The molecule has 2 aliphatic rings. The Balaban J connectivity index is 0.978. The molecule has 15 rings (SSSR count). The van der Waals surface area contributed by atoms with Gasteiger partial charge in [0.05, 0.1) is 5.41 Å². The van der Waals surface area contributed by atoms with Gasteiger partial charge < -0.3 is 4.42 Å². The second-order valence-corrected chi connectivity index (χ2v) is 17.8. The molecule has 0 unspecified atom stereocenters. The Morgan fingerprint density at radius 3 is 1.50 bits per heavy atom. The van der Waals surface area contributed by atoms with Gasteiger partial charge in [-0.15, -0.1) is 0 Å². The lowest BCUT2D eigenvalue weighted by atomic mass is 9.69. The van der Waals surface area contributed by atoms with Crippen LogP contribution >= 0.6 is 0 Å². The Morgan fingerprint density at radius 2 is 0.812 bits per heavy atom. The Kier molecular flexibility index (Phi) is 6.67. The summed E-state index contributed by atoms with van der Waals surface area (Å²) in [5, 5.41) is 14.7. The highest BCUT2D eigenvalue weighted by atomic mass is 16.3. The molecule has 0 saturated heterocycles. The van der Waals surface area contributed by atoms with E-state index in [0.29, 0.717) is 0 Å². The molecule has 13 aromatic rings. The van der Waals surface area contributed by atoms with Crippen LogP contribution in [0.3, 0.4) is 0 Å². The SMILES string of the molecule is c1ccc2c(c1)-c1ccccc1C21c2cc3ccccc3cc2-c2ccc3cc(-c4c5ccccc5c(-c5ccc6oc7c8ccccc8ccc7c6c5)c5ccccc45)ccc3c21. The Labute approximate surface area is 369 Å². The molecule has 0 saturated carbocycles. The van der Waals surface area contributed by atoms with Gasteiger partial charge in [0.1, 0.15) is 11.2 Å². The first kappa shape index (κ1) is 34.3. The van der Waals surface area contributed by atoms with E-state index in [1.165, 1.54) is 115 Å². The van der Waals surface area contributed by atoms with E-state index in [1.807, 2.05) is 0 Å². The topological polar surface area (TPSA) is 13.1 Å². The molecule has 0 aliphatic heterocycles. The molecule has 0 amide bonds. The average Bonchev–Trinajstić information content (AvgIpc) is 3.98. The van der Waals surface area contributed by atoms with Crippen molar-refractivity contribution in [1.82, 2.24) is 0 Å². The molecule has 0 N–H and O–H groups in total. The second kappa shape index (κ2) is 12.4. The maximum Gasteiger partial charge on any atom is 0.143 e. The Morgan fingerprint density at radius 1 is 0.281 bits per heavy atom. The van der Waals surface area contributed by atoms with Gasteiger partial charge in [0.2, 0.25) is 0 Å². The molecule has 2 aliphatic carbocycles. The van der Waals surface area contributed by atoms with Crippen molar-refractivity contribution in [3.8, 4) is 44.5 Å². The summed E-state index contributed by atoms with van der Waals surface area (Å²) in [6, 6.07) is 81.7. The minimum Gasteiger partial charge on any atom is -0.455 e. The van der Waals surface area contributed by atoms with Crippen LogP contribution in [0.2, 0.25) is 0 Å². The Hall–Kier alpha value is -8.26. The third-order valence-electron chi connectivity index (χ3n) is 14.8. The predicted octanol–water partition coefficient (Wildman–Crippen LogP) is 17.0. The fourth-order valence-electron chi connectivity index (χ4n) is 12.2. The fraction of sp³-hybridized carbons (Fsp3) is 0.0159. The first-order chi connectivity index (χ1) is 31.7. The molecule has 1 spiro atoms. The van der Waals surface area contributed by atoms with Crippen LogP contribution in [0, 0.1) is 0 Å². The molecule has 1 aromatic heterocycles. The number of fused-ring (bicyclic) bond motifs is 20. The lowest BCUT2D eigenvalue weighted by Gasteiger charge is -2.31. The van der Waals surface area contributed by atoms with Crippen molar-refractivity contribution in [2.75, 3.05) is 0 Å². The molecule has 0 fully saturated rings. The summed E-state index contributed by atoms with van der Waals surface area (Å²) in [5.74, 6) is 0. The first-order valence-electron chi connectivity index (χ1n) is 22.3. The van der Waals surface area contributed by atoms with Gasteiger partial charge in [0.15, 0.2) is 0 Å². The van der Waals surface area contributed by atoms with E-state index in [2.05, 4.69) is 218 Å². The lowest BCUT2D eigenvalue weighted by molar-refractivity contribution is 0.672. The van der Waals surface area contributed by atoms with E-state index in [9.17, 15) is 0 Å². The van der Waals surface area contributed by atoms with Crippen molar-refractivity contribution < 1.29 is 4.42 Å². The number of benzene rings is 12. The summed E-state index contributed by atoms with van der Waals surface area (Å²) in [4.78, 5) is 0. The van der Waals surface area contributed by atoms with Crippen LogP contribution in [0.1, 0.15) is 22.3 Å². The van der Waals surface area contributed by atoms with Gasteiger partial charge in [0.25, 0.3) is 0 Å². The van der Waals surface area contributed by atoms with Gasteiger partial charge in [-0.25, -0.2) is 0 Å². The highest BCUT2D eigenvalue weighted by molar-refractivity contribution is 6.23. The molecular formula is C63H36O. The van der Waals surface area contributed by atoms with Crippen LogP contribution in [0.5, 0.6) is 0 Å². The van der Waals surface area contributed by atoms with Crippen LogP contribution in [0.4, 0.5) is 0 Å². The number of furan rings is 1. The van der Waals surface area contributed by atoms with Gasteiger partial charge in [-0.2, -0.15) is 0 Å². The fourth-order valence-corrected chi connectivity index (χ4v) is 12.2. The van der Waals surface area contributed by atoms with Crippen molar-refractivity contribution in [3.05, 3.63) is 241 Å². The normalized spacial score (nSPS) is 13.4. The van der Waals surface area contributed by atoms with Crippen LogP contribution in [-0.2, 0) is 5.41 Å². The molecule has 0 bridgehead atoms. The van der Waals surface area contributed by atoms with Crippen molar-refractivity contribution in [2.45, 2.75) is 5.41 Å². The van der Waals surface area contributed by atoms with Crippen LogP contribution in [0.15, 0.2) is 223 Å². The summed E-state index contributed by atoms with van der Waals surface area (Å²) in [5.41, 5.74) is 17.1. The highest BCUT2D eigenvalue weighted by Gasteiger charge is 2.52. The highest BCUT2D eigenvalue weighted by Crippen LogP contribution is 2.64. The summed E-state index contributed by atoms with van der Waals surface area (Å²) in [7, 11) is 0. The molecule has 12 aromatic carbocycles. The minimum absolute atomic E-state index is 0.446. The third-order valence-corrected chi connectivity index (χ3v) is 14.8. The summed E-state index contributed by atoms with van der Waals surface area (Å²) >= 11 is 0. The largest absolute Gasteiger partial charge is 0.455 e. The molecule has 1 heteroatoms. The van der Waals surface area contributed by atoms with Gasteiger partial charge in [-0.1, -0.05) is 182 Å². The molecule has 0 radical (unpaired) electrons. The zero-order valence-electron chi connectivity index (χ0n) is 34.7. The first-order valence-corrected chi connectivity index (χ1v) is 22.3. The van der Waals surface area contributed by atoms with Gasteiger partial charge in [-0.3, -0.25) is 0 Å². The molecule has 64 heavy (non-hydrogen) atoms. The van der Waals surface area contributed by atoms with Gasteiger partial charge in [-0.05, 0) is 152 Å². The van der Waals surface area contributed by atoms with Crippen LogP contribution in [-0.4, -0.2) is 0 Å². The molecule has 1 nitrogen and oxygen atoms in total. The molecular weight excluding hydrogens is 773 g/mol. The summed E-state index contributed by atoms with van der Waals surface area (Å²) in [6.07, 6.45) is 0. The monoisotopic (exact) mass is 808 g/mol. The van der Waals surface area contributed by atoms with E-state index in [4.69, 9.17) is 4.42 Å². The Bertz CT molecular complexity index is 4100. The van der Waals surface area contributed by atoms with Gasteiger partial charge in [0, 0.05) is 16.2 Å². The lowest BCUT2D eigenvalue weighted by Crippen LogP contribution is -2.26. The average molecular weight is 809 g/mol. The second-order valence-electron chi connectivity index (χ2n) is 17.8. The molecule has 0 atom stereocenters. The molecule has 1 heterocycles. The zero-order chi connectivity index (χ0) is 41.7. The zero-order valence-corrected chi connectivity index (χ0v) is 34.7. The van der Waals surface area contributed by atoms with E-state index in [-0.39, 0.29) is 0 Å². The quantitative estimate of drug-likeness (QED) is 0.159.